The molecule has 6 nitrogen and oxygen atoms in total. The second-order valence-electron chi connectivity index (χ2n) is 4.85. The molecule has 7 heteroatoms. The average molecular weight is 330 g/mol. The maximum Gasteiger partial charge on any atom is 0.270 e. The Hall–Kier alpha value is -2.91. The highest BCUT2D eigenvalue weighted by molar-refractivity contribution is 6.33. The Morgan fingerprint density at radius 2 is 1.96 bits per heavy atom. The van der Waals surface area contributed by atoms with Crippen molar-refractivity contribution >= 4 is 23.2 Å². The number of benzene rings is 2. The van der Waals surface area contributed by atoms with Crippen LogP contribution in [0.25, 0.3) is 0 Å². The molecule has 0 fully saturated rings. The standard InChI is InChI=1S/C16H12ClN3O3/c1-10(12-4-2-11(9-18)3-5-12)19-16(21)14-8-13(20(22)23)6-7-15(14)17/h2-8,10H,1H3,(H,19,21). The summed E-state index contributed by atoms with van der Waals surface area (Å²) in [4.78, 5) is 22.5. The molecule has 2 aromatic carbocycles. The summed E-state index contributed by atoms with van der Waals surface area (Å²) < 4.78 is 0. The summed E-state index contributed by atoms with van der Waals surface area (Å²) in [5.41, 5.74) is 1.17. The van der Waals surface area contributed by atoms with Gasteiger partial charge in [-0.3, -0.25) is 14.9 Å². The Morgan fingerprint density at radius 3 is 2.52 bits per heavy atom. The summed E-state index contributed by atoms with van der Waals surface area (Å²) in [5.74, 6) is -0.504. The Labute approximate surface area is 137 Å². The number of hydrogen-bond donors (Lipinski definition) is 1. The molecule has 0 saturated heterocycles. The van der Waals surface area contributed by atoms with Gasteiger partial charge in [0.25, 0.3) is 11.6 Å². The molecule has 0 aliphatic rings. The molecule has 0 spiro atoms. The largest absolute Gasteiger partial charge is 0.345 e. The van der Waals surface area contributed by atoms with Crippen molar-refractivity contribution in [2.24, 2.45) is 0 Å². The molecular formula is C16H12ClN3O3. The summed E-state index contributed by atoms with van der Waals surface area (Å²) in [5, 5.41) is 22.4. The van der Waals surface area contributed by atoms with Gasteiger partial charge in [0.2, 0.25) is 0 Å². The predicted octanol–water partition coefficient (Wildman–Crippen LogP) is 3.61. The third kappa shape index (κ3) is 3.84. The second kappa shape index (κ2) is 6.90. The van der Waals surface area contributed by atoms with E-state index in [1.807, 2.05) is 6.07 Å². The number of nitrogens with zero attached hydrogens (tertiary/aromatic N) is 2. The van der Waals surface area contributed by atoms with Crippen LogP contribution in [0.3, 0.4) is 0 Å². The molecule has 1 atom stereocenters. The molecule has 116 valence electrons. The zero-order valence-corrected chi connectivity index (χ0v) is 12.9. The van der Waals surface area contributed by atoms with Crippen LogP contribution in [0, 0.1) is 21.4 Å². The van der Waals surface area contributed by atoms with Gasteiger partial charge in [0.1, 0.15) is 0 Å². The smallest absolute Gasteiger partial charge is 0.270 e. The number of nitriles is 1. The van der Waals surface area contributed by atoms with Crippen molar-refractivity contribution in [3.8, 4) is 6.07 Å². The maximum atomic E-state index is 12.3. The van der Waals surface area contributed by atoms with Crippen LogP contribution in [0.4, 0.5) is 5.69 Å². The molecule has 0 radical (unpaired) electrons. The van der Waals surface area contributed by atoms with Crippen molar-refractivity contribution in [3.63, 3.8) is 0 Å². The van der Waals surface area contributed by atoms with E-state index in [4.69, 9.17) is 16.9 Å². The second-order valence-corrected chi connectivity index (χ2v) is 5.26. The number of halogens is 1. The third-order valence-electron chi connectivity index (χ3n) is 3.29. The lowest BCUT2D eigenvalue weighted by Crippen LogP contribution is -2.27. The number of amides is 1. The number of nitro groups is 1. The summed E-state index contributed by atoms with van der Waals surface area (Å²) >= 11 is 5.95. The van der Waals surface area contributed by atoms with Crippen LogP contribution < -0.4 is 5.32 Å². The number of nitrogens with one attached hydrogen (secondary N) is 1. The Kier molecular flexibility index (Phi) is 4.94. The molecular weight excluding hydrogens is 318 g/mol. The highest BCUT2D eigenvalue weighted by atomic mass is 35.5. The van der Waals surface area contributed by atoms with Gasteiger partial charge in [-0.25, -0.2) is 0 Å². The van der Waals surface area contributed by atoms with Crippen molar-refractivity contribution in [1.82, 2.24) is 5.32 Å². The van der Waals surface area contributed by atoms with E-state index < -0.39 is 10.8 Å². The fourth-order valence-corrected chi connectivity index (χ4v) is 2.21. The van der Waals surface area contributed by atoms with Crippen LogP contribution in [0.2, 0.25) is 5.02 Å². The van der Waals surface area contributed by atoms with Gasteiger partial charge < -0.3 is 5.32 Å². The van der Waals surface area contributed by atoms with E-state index in [9.17, 15) is 14.9 Å². The number of non-ortho nitro benzene ring substituents is 1. The summed E-state index contributed by atoms with van der Waals surface area (Å²) in [7, 11) is 0. The SMILES string of the molecule is CC(NC(=O)c1cc([N+](=O)[O-])ccc1Cl)c1ccc(C#N)cc1. The lowest BCUT2D eigenvalue weighted by molar-refractivity contribution is -0.384. The van der Waals surface area contributed by atoms with Crippen LogP contribution in [0.15, 0.2) is 42.5 Å². The minimum atomic E-state index is -0.586. The molecule has 0 bridgehead atoms. The van der Waals surface area contributed by atoms with E-state index in [2.05, 4.69) is 5.32 Å². The Morgan fingerprint density at radius 1 is 1.30 bits per heavy atom. The van der Waals surface area contributed by atoms with Gasteiger partial charge in [0.15, 0.2) is 0 Å². The number of hydrogen-bond acceptors (Lipinski definition) is 4. The van der Waals surface area contributed by atoms with E-state index >= 15 is 0 Å². The molecule has 2 aromatic rings. The predicted molar refractivity (Wildman–Crippen MR) is 85.1 cm³/mol. The van der Waals surface area contributed by atoms with E-state index in [0.29, 0.717) is 5.56 Å². The lowest BCUT2D eigenvalue weighted by Gasteiger charge is -2.15. The summed E-state index contributed by atoms with van der Waals surface area (Å²) in [6.45, 7) is 1.77. The van der Waals surface area contributed by atoms with Gasteiger partial charge in [-0.05, 0) is 30.7 Å². The molecule has 0 aromatic heterocycles. The fraction of sp³-hybridized carbons (Fsp3) is 0.125. The molecule has 0 aliphatic heterocycles. The minimum absolute atomic E-state index is 0.0429. The normalized spacial score (nSPS) is 11.3. The third-order valence-corrected chi connectivity index (χ3v) is 3.62. The van der Waals surface area contributed by atoms with Gasteiger partial charge in [-0.2, -0.15) is 5.26 Å². The van der Waals surface area contributed by atoms with Crippen molar-refractivity contribution in [2.45, 2.75) is 13.0 Å². The average Bonchev–Trinajstić information content (AvgIpc) is 2.54. The molecule has 0 saturated carbocycles. The number of carbonyl (C=O) groups excluding carboxylic acids is 1. The first-order chi connectivity index (χ1) is 10.9. The van der Waals surface area contributed by atoms with Gasteiger partial charge in [0, 0.05) is 12.1 Å². The van der Waals surface area contributed by atoms with Crippen molar-refractivity contribution in [2.75, 3.05) is 0 Å². The topological polar surface area (TPSA) is 96.0 Å². The molecule has 0 aliphatic carbocycles. The van der Waals surface area contributed by atoms with Crippen molar-refractivity contribution in [1.29, 1.82) is 5.26 Å². The quantitative estimate of drug-likeness (QED) is 0.684. The first kappa shape index (κ1) is 16.5. The Balaban J connectivity index is 2.19. The number of carbonyl (C=O) groups is 1. The van der Waals surface area contributed by atoms with E-state index in [1.54, 1.807) is 31.2 Å². The molecule has 1 unspecified atom stereocenters. The molecule has 2 rings (SSSR count). The first-order valence-electron chi connectivity index (χ1n) is 6.67. The zero-order chi connectivity index (χ0) is 17.0. The van der Waals surface area contributed by atoms with Gasteiger partial charge in [0.05, 0.1) is 33.2 Å². The van der Waals surface area contributed by atoms with E-state index in [-0.39, 0.29) is 22.3 Å². The van der Waals surface area contributed by atoms with Crippen LogP contribution in [0.1, 0.15) is 34.5 Å². The zero-order valence-electron chi connectivity index (χ0n) is 12.1. The fourth-order valence-electron chi connectivity index (χ4n) is 2.00. The van der Waals surface area contributed by atoms with Gasteiger partial charge in [-0.1, -0.05) is 23.7 Å². The molecule has 1 amide bonds. The highest BCUT2D eigenvalue weighted by Gasteiger charge is 2.18. The number of nitro benzene ring substituents is 1. The van der Waals surface area contributed by atoms with Crippen molar-refractivity contribution in [3.05, 3.63) is 74.3 Å². The van der Waals surface area contributed by atoms with Crippen LogP contribution in [0.5, 0.6) is 0 Å². The lowest BCUT2D eigenvalue weighted by atomic mass is 10.1. The highest BCUT2D eigenvalue weighted by Crippen LogP contribution is 2.23. The summed E-state index contributed by atoms with van der Waals surface area (Å²) in [6.07, 6.45) is 0. The molecule has 23 heavy (non-hydrogen) atoms. The van der Waals surface area contributed by atoms with Crippen molar-refractivity contribution < 1.29 is 9.72 Å². The van der Waals surface area contributed by atoms with Gasteiger partial charge in [-0.15, -0.1) is 0 Å². The van der Waals surface area contributed by atoms with Crippen LogP contribution in [-0.2, 0) is 0 Å². The number of rotatable bonds is 4. The monoisotopic (exact) mass is 329 g/mol. The first-order valence-corrected chi connectivity index (χ1v) is 7.05. The maximum absolute atomic E-state index is 12.3. The molecule has 1 N–H and O–H groups in total. The van der Waals surface area contributed by atoms with Crippen LogP contribution in [-0.4, -0.2) is 10.8 Å². The Bertz CT molecular complexity index is 797. The minimum Gasteiger partial charge on any atom is -0.345 e. The van der Waals surface area contributed by atoms with E-state index in [0.717, 1.165) is 11.6 Å². The van der Waals surface area contributed by atoms with E-state index in [1.165, 1.54) is 12.1 Å². The van der Waals surface area contributed by atoms with Gasteiger partial charge >= 0.3 is 0 Å². The molecule has 0 heterocycles. The summed E-state index contributed by atoms with van der Waals surface area (Å²) in [6, 6.07) is 12.1. The van der Waals surface area contributed by atoms with Crippen LogP contribution >= 0.6 is 11.6 Å².